The maximum absolute atomic E-state index is 11.0. The Morgan fingerprint density at radius 3 is 2.61 bits per heavy atom. The summed E-state index contributed by atoms with van der Waals surface area (Å²) >= 11 is 0. The lowest BCUT2D eigenvalue weighted by Crippen LogP contribution is -2.38. The number of pyridine rings is 1. The Labute approximate surface area is 108 Å². The van der Waals surface area contributed by atoms with E-state index in [1.54, 1.807) is 20.0 Å². The van der Waals surface area contributed by atoms with E-state index < -0.39 is 0 Å². The summed E-state index contributed by atoms with van der Waals surface area (Å²) in [6.45, 7) is 7.48. The van der Waals surface area contributed by atoms with Gasteiger partial charge in [0.1, 0.15) is 0 Å². The summed E-state index contributed by atoms with van der Waals surface area (Å²) in [4.78, 5) is 15.0. The molecule has 0 saturated heterocycles. The van der Waals surface area contributed by atoms with Gasteiger partial charge in [-0.3, -0.25) is 15.1 Å². The number of aryl methyl sites for hydroxylation is 1. The predicted octanol–water partition coefficient (Wildman–Crippen LogP) is 2.67. The number of nitrogens with two attached hydrogens (primary N) is 1. The lowest BCUT2D eigenvalue weighted by Gasteiger charge is -2.24. The Kier molecular flexibility index (Phi) is 4.40. The van der Waals surface area contributed by atoms with E-state index in [0.717, 1.165) is 18.5 Å². The number of hydrogen-bond acceptors (Lipinski definition) is 4. The van der Waals surface area contributed by atoms with Crippen LogP contribution in [0, 0.1) is 24.0 Å². The molecule has 0 aliphatic rings. The first-order chi connectivity index (χ1) is 8.28. The van der Waals surface area contributed by atoms with Crippen molar-refractivity contribution in [2.45, 2.75) is 52.5 Å². The molecule has 1 unspecified atom stereocenters. The average Bonchev–Trinajstić information content (AvgIpc) is 2.21. The van der Waals surface area contributed by atoms with Crippen molar-refractivity contribution in [2.75, 3.05) is 0 Å². The van der Waals surface area contributed by atoms with Gasteiger partial charge < -0.3 is 5.73 Å². The normalized spacial score (nSPS) is 14.3. The molecule has 0 aliphatic carbocycles. The van der Waals surface area contributed by atoms with Crippen LogP contribution in [0.25, 0.3) is 0 Å². The van der Waals surface area contributed by atoms with Gasteiger partial charge in [0.05, 0.1) is 10.6 Å². The van der Waals surface area contributed by atoms with Crippen LogP contribution in [0.1, 0.15) is 43.5 Å². The zero-order chi connectivity index (χ0) is 13.9. The third kappa shape index (κ3) is 3.26. The number of nitrogens with zero attached hydrogens (tertiary/aromatic N) is 2. The highest BCUT2D eigenvalue weighted by molar-refractivity contribution is 5.47. The average molecular weight is 251 g/mol. The molecule has 5 heteroatoms. The van der Waals surface area contributed by atoms with E-state index >= 15 is 0 Å². The minimum atomic E-state index is -0.365. The Morgan fingerprint density at radius 2 is 2.11 bits per heavy atom. The lowest BCUT2D eigenvalue weighted by molar-refractivity contribution is -0.386. The van der Waals surface area contributed by atoms with Crippen molar-refractivity contribution < 1.29 is 4.92 Å². The van der Waals surface area contributed by atoms with Crippen molar-refractivity contribution in [2.24, 2.45) is 5.73 Å². The highest BCUT2D eigenvalue weighted by Gasteiger charge is 2.24. The van der Waals surface area contributed by atoms with E-state index in [2.05, 4.69) is 11.9 Å². The monoisotopic (exact) mass is 251 g/mol. The van der Waals surface area contributed by atoms with Gasteiger partial charge >= 0.3 is 0 Å². The zero-order valence-corrected chi connectivity index (χ0v) is 11.5. The van der Waals surface area contributed by atoms with Gasteiger partial charge in [-0.1, -0.05) is 13.3 Å². The summed E-state index contributed by atoms with van der Waals surface area (Å²) in [7, 11) is 0. The highest BCUT2D eigenvalue weighted by Crippen LogP contribution is 2.26. The summed E-state index contributed by atoms with van der Waals surface area (Å²) < 4.78 is 0. The van der Waals surface area contributed by atoms with Crippen LogP contribution in [0.5, 0.6) is 0 Å². The van der Waals surface area contributed by atoms with E-state index in [4.69, 9.17) is 5.73 Å². The van der Waals surface area contributed by atoms with E-state index in [1.165, 1.54) is 0 Å². The van der Waals surface area contributed by atoms with Gasteiger partial charge in [0.25, 0.3) is 5.69 Å². The molecule has 100 valence electrons. The molecule has 2 N–H and O–H groups in total. The number of aromatic nitrogens is 1. The molecule has 0 bridgehead atoms. The fourth-order valence-corrected chi connectivity index (χ4v) is 2.27. The fraction of sp³-hybridized carbons (Fsp3) is 0.615. The maximum atomic E-state index is 11.0. The van der Waals surface area contributed by atoms with Crippen LogP contribution in [0.3, 0.4) is 0 Å². The second kappa shape index (κ2) is 5.44. The van der Waals surface area contributed by atoms with Crippen molar-refractivity contribution in [1.82, 2.24) is 4.98 Å². The molecule has 0 fully saturated rings. The van der Waals surface area contributed by atoms with Gasteiger partial charge in [-0.2, -0.15) is 0 Å². The first-order valence-electron chi connectivity index (χ1n) is 6.17. The molecule has 0 saturated carbocycles. The molecule has 18 heavy (non-hydrogen) atoms. The van der Waals surface area contributed by atoms with Crippen LogP contribution >= 0.6 is 0 Å². The van der Waals surface area contributed by atoms with Gasteiger partial charge in [-0.05, 0) is 27.2 Å². The first kappa shape index (κ1) is 14.6. The molecule has 1 atom stereocenters. The van der Waals surface area contributed by atoms with Gasteiger partial charge in [0.15, 0.2) is 0 Å². The van der Waals surface area contributed by atoms with Crippen LogP contribution in [0.2, 0.25) is 0 Å². The van der Waals surface area contributed by atoms with Crippen molar-refractivity contribution in [3.05, 3.63) is 33.1 Å². The number of nitro groups is 1. The van der Waals surface area contributed by atoms with Crippen LogP contribution in [0.15, 0.2) is 6.20 Å². The minimum Gasteiger partial charge on any atom is -0.325 e. The smallest absolute Gasteiger partial charge is 0.278 e. The standard InChI is InChI=1S/C13H21N3O2/c1-5-6-13(4,14)7-11-10(3)12(16(17)18)9(2)8-15-11/h8H,5-7,14H2,1-4H3. The van der Waals surface area contributed by atoms with Crippen LogP contribution < -0.4 is 5.73 Å². The highest BCUT2D eigenvalue weighted by atomic mass is 16.6. The summed E-state index contributed by atoms with van der Waals surface area (Å²) in [5.74, 6) is 0. The molecule has 0 aromatic carbocycles. The van der Waals surface area contributed by atoms with Crippen LogP contribution in [-0.4, -0.2) is 15.4 Å². The molecule has 1 aromatic heterocycles. The lowest BCUT2D eigenvalue weighted by atomic mass is 9.90. The van der Waals surface area contributed by atoms with Crippen molar-refractivity contribution in [3.63, 3.8) is 0 Å². The topological polar surface area (TPSA) is 82.0 Å². The molecular weight excluding hydrogens is 230 g/mol. The van der Waals surface area contributed by atoms with Crippen molar-refractivity contribution in [1.29, 1.82) is 0 Å². The van der Waals surface area contributed by atoms with Gasteiger partial charge in [-0.25, -0.2) is 0 Å². The predicted molar refractivity (Wildman–Crippen MR) is 71.6 cm³/mol. The van der Waals surface area contributed by atoms with Crippen molar-refractivity contribution >= 4 is 5.69 Å². The molecule has 1 heterocycles. The third-order valence-electron chi connectivity index (χ3n) is 3.15. The Morgan fingerprint density at radius 1 is 1.50 bits per heavy atom. The largest absolute Gasteiger partial charge is 0.325 e. The van der Waals surface area contributed by atoms with Crippen LogP contribution in [-0.2, 0) is 6.42 Å². The molecule has 0 spiro atoms. The van der Waals surface area contributed by atoms with Gasteiger partial charge in [0.2, 0.25) is 0 Å². The third-order valence-corrected chi connectivity index (χ3v) is 3.15. The number of rotatable bonds is 5. The van der Waals surface area contributed by atoms with Crippen LogP contribution in [0.4, 0.5) is 5.69 Å². The van der Waals surface area contributed by atoms with E-state index in [1.807, 2.05) is 6.92 Å². The molecule has 1 rings (SSSR count). The quantitative estimate of drug-likeness (QED) is 0.644. The molecule has 0 radical (unpaired) electrons. The second-order valence-corrected chi connectivity index (χ2v) is 5.20. The minimum absolute atomic E-state index is 0.160. The Hall–Kier alpha value is -1.49. The van der Waals surface area contributed by atoms with Gasteiger partial charge in [0, 0.05) is 29.3 Å². The SMILES string of the molecule is CCCC(C)(N)Cc1ncc(C)c([N+](=O)[O-])c1C. The fourth-order valence-electron chi connectivity index (χ4n) is 2.27. The summed E-state index contributed by atoms with van der Waals surface area (Å²) in [6, 6.07) is 0. The summed E-state index contributed by atoms with van der Waals surface area (Å²) in [5.41, 5.74) is 7.93. The number of hydrogen-bond donors (Lipinski definition) is 1. The molecular formula is C13H21N3O2. The molecule has 5 nitrogen and oxygen atoms in total. The zero-order valence-electron chi connectivity index (χ0n) is 11.5. The first-order valence-corrected chi connectivity index (χ1v) is 6.17. The van der Waals surface area contributed by atoms with E-state index in [0.29, 0.717) is 17.5 Å². The summed E-state index contributed by atoms with van der Waals surface area (Å²) in [5, 5.41) is 11.0. The maximum Gasteiger partial charge on any atom is 0.278 e. The molecule has 0 amide bonds. The van der Waals surface area contributed by atoms with Crippen molar-refractivity contribution in [3.8, 4) is 0 Å². The van der Waals surface area contributed by atoms with E-state index in [9.17, 15) is 10.1 Å². The Balaban J connectivity index is 3.12. The van der Waals surface area contributed by atoms with Gasteiger partial charge in [-0.15, -0.1) is 0 Å². The summed E-state index contributed by atoms with van der Waals surface area (Å²) in [6.07, 6.45) is 3.98. The molecule has 1 aromatic rings. The molecule has 0 aliphatic heterocycles. The Bertz CT molecular complexity index is 456. The second-order valence-electron chi connectivity index (χ2n) is 5.20. The van der Waals surface area contributed by atoms with E-state index in [-0.39, 0.29) is 16.1 Å².